The van der Waals surface area contributed by atoms with Gasteiger partial charge in [-0.2, -0.15) is 0 Å². The van der Waals surface area contributed by atoms with E-state index in [-0.39, 0.29) is 5.41 Å². The molecule has 0 saturated heterocycles. The molecule has 0 unspecified atom stereocenters. The Morgan fingerprint density at radius 3 is 1.42 bits per heavy atom. The maximum absolute atomic E-state index is 6.24. The minimum Gasteiger partial charge on any atom is -0.249 e. The van der Waals surface area contributed by atoms with Crippen LogP contribution in [0.1, 0.15) is 22.3 Å². The van der Waals surface area contributed by atoms with Gasteiger partial charge in [0.1, 0.15) is 4.60 Å². The monoisotopic (exact) mass is 529 g/mol. The Bertz CT molecular complexity index is 1040. The molecule has 0 N–H and O–H groups in total. The van der Waals surface area contributed by atoms with Crippen molar-refractivity contribution in [2.75, 3.05) is 0 Å². The summed E-state index contributed by atoms with van der Waals surface area (Å²) in [6.07, 6.45) is 3.50. The molecule has 0 aliphatic heterocycles. The van der Waals surface area contributed by atoms with Crippen molar-refractivity contribution >= 4 is 50.7 Å². The van der Waals surface area contributed by atoms with E-state index in [2.05, 4.69) is 63.4 Å². The first kappa shape index (κ1) is 22.4. The van der Waals surface area contributed by atoms with Gasteiger partial charge in [0.25, 0.3) is 0 Å². The molecule has 4 aromatic rings. The minimum atomic E-state index is -0.361. The summed E-state index contributed by atoms with van der Waals surface area (Å²) in [6, 6.07) is 28.3. The summed E-state index contributed by atoms with van der Waals surface area (Å²) in [5.74, 6) is 0. The van der Waals surface area contributed by atoms with Gasteiger partial charge in [0.05, 0.1) is 0 Å². The second-order valence-corrected chi connectivity index (χ2v) is 9.69. The Morgan fingerprint density at radius 2 is 1.00 bits per heavy atom. The second kappa shape index (κ2) is 9.75. The van der Waals surface area contributed by atoms with Crippen LogP contribution in [0.3, 0.4) is 0 Å². The van der Waals surface area contributed by atoms with E-state index in [0.29, 0.717) is 5.02 Å². The van der Waals surface area contributed by atoms with E-state index in [9.17, 15) is 0 Å². The first-order valence-corrected chi connectivity index (χ1v) is 11.7. The van der Waals surface area contributed by atoms with E-state index >= 15 is 0 Å². The van der Waals surface area contributed by atoms with Crippen LogP contribution in [-0.2, 0) is 18.3 Å². The van der Waals surface area contributed by atoms with Crippen molar-refractivity contribution in [3.8, 4) is 0 Å². The second-order valence-electron chi connectivity index (χ2n) is 7.57. The quantitative estimate of drug-likeness (QED) is 0.227. The average Bonchev–Trinajstić information content (AvgIpc) is 2.77. The molecule has 3 aromatic carbocycles. The molecule has 0 saturated carbocycles. The molecule has 0 fully saturated rings. The van der Waals surface area contributed by atoms with E-state index < -0.39 is 0 Å². The van der Waals surface area contributed by atoms with Crippen LogP contribution in [0, 0.1) is 0 Å². The minimum absolute atomic E-state index is 0.361. The number of aromatic nitrogens is 1. The molecule has 4 rings (SSSR count). The molecular formula is C26H19BrCl3N. The largest absolute Gasteiger partial charge is 0.249 e. The zero-order valence-electron chi connectivity index (χ0n) is 16.5. The van der Waals surface area contributed by atoms with E-state index in [4.69, 9.17) is 34.8 Å². The van der Waals surface area contributed by atoms with E-state index in [1.54, 1.807) is 0 Å². The average molecular weight is 532 g/mol. The number of nitrogens with zero attached hydrogens (tertiary/aromatic N) is 1. The fourth-order valence-electron chi connectivity index (χ4n) is 3.97. The zero-order valence-corrected chi connectivity index (χ0v) is 20.4. The maximum atomic E-state index is 6.24. The molecule has 156 valence electrons. The summed E-state index contributed by atoms with van der Waals surface area (Å²) in [6.45, 7) is 0. The van der Waals surface area contributed by atoms with Crippen molar-refractivity contribution in [3.05, 3.63) is 133 Å². The van der Waals surface area contributed by atoms with Gasteiger partial charge in [0.15, 0.2) is 0 Å². The number of rotatable bonds is 6. The van der Waals surface area contributed by atoms with Crippen LogP contribution in [0.15, 0.2) is 95.7 Å². The van der Waals surface area contributed by atoms with Crippen LogP contribution in [0.5, 0.6) is 0 Å². The lowest BCUT2D eigenvalue weighted by Gasteiger charge is -2.36. The van der Waals surface area contributed by atoms with Gasteiger partial charge in [-0.3, -0.25) is 0 Å². The van der Waals surface area contributed by atoms with Gasteiger partial charge in [-0.15, -0.1) is 0 Å². The smallest absolute Gasteiger partial charge is 0.106 e. The molecule has 0 aliphatic carbocycles. The van der Waals surface area contributed by atoms with Crippen LogP contribution in [0.2, 0.25) is 15.1 Å². The highest BCUT2D eigenvalue weighted by Crippen LogP contribution is 2.40. The molecular weight excluding hydrogens is 513 g/mol. The van der Waals surface area contributed by atoms with Gasteiger partial charge in [-0.25, -0.2) is 4.98 Å². The van der Waals surface area contributed by atoms with Gasteiger partial charge in [-0.1, -0.05) is 77.3 Å². The summed E-state index contributed by atoms with van der Waals surface area (Å²) in [5.41, 5.74) is 4.32. The van der Waals surface area contributed by atoms with Crippen molar-refractivity contribution in [1.29, 1.82) is 0 Å². The lowest BCUT2D eigenvalue weighted by Crippen LogP contribution is -2.33. The van der Waals surface area contributed by atoms with Gasteiger partial charge in [0, 0.05) is 26.7 Å². The summed E-state index contributed by atoms with van der Waals surface area (Å²) in [7, 11) is 0. The first-order chi connectivity index (χ1) is 14.9. The number of hydrogen-bond donors (Lipinski definition) is 0. The summed E-state index contributed by atoms with van der Waals surface area (Å²) < 4.78 is 0.805. The molecule has 0 aliphatic rings. The third kappa shape index (κ3) is 5.32. The summed E-state index contributed by atoms with van der Waals surface area (Å²) >= 11 is 22.0. The van der Waals surface area contributed by atoms with Crippen molar-refractivity contribution in [3.63, 3.8) is 0 Å². The molecule has 1 aromatic heterocycles. The fourth-order valence-corrected chi connectivity index (χ4v) is 4.58. The Balaban J connectivity index is 1.91. The standard InChI is InChI=1S/C26H19BrCl3N/c27-25-14-7-21(17-31-25)26(20-5-12-24(30)13-6-20,15-18-1-8-22(28)9-2-18)16-19-3-10-23(29)11-4-19/h1-14,17H,15-16H2. The maximum Gasteiger partial charge on any atom is 0.106 e. The Kier molecular flexibility index (Phi) is 7.03. The molecule has 1 heterocycles. The predicted molar refractivity (Wildman–Crippen MR) is 134 cm³/mol. The van der Waals surface area contributed by atoms with E-state index in [0.717, 1.165) is 33.1 Å². The number of halogens is 4. The van der Waals surface area contributed by atoms with Crippen LogP contribution in [0.4, 0.5) is 0 Å². The SMILES string of the molecule is Clc1ccc(CC(Cc2ccc(Cl)cc2)(c2ccc(Cl)cc2)c2ccc(Br)nc2)cc1. The van der Waals surface area contributed by atoms with E-state index in [1.165, 1.54) is 16.7 Å². The van der Waals surface area contributed by atoms with E-state index in [1.807, 2.05) is 48.7 Å². The van der Waals surface area contributed by atoms with Crippen LogP contribution >= 0.6 is 50.7 Å². The molecule has 0 radical (unpaired) electrons. The topological polar surface area (TPSA) is 12.9 Å². The molecule has 1 nitrogen and oxygen atoms in total. The van der Waals surface area contributed by atoms with Gasteiger partial charge >= 0.3 is 0 Å². The lowest BCUT2D eigenvalue weighted by atomic mass is 9.67. The third-order valence-electron chi connectivity index (χ3n) is 5.52. The Labute approximate surface area is 206 Å². The van der Waals surface area contributed by atoms with Gasteiger partial charge in [-0.05, 0) is 93.5 Å². The van der Waals surface area contributed by atoms with Crippen molar-refractivity contribution in [2.24, 2.45) is 0 Å². The van der Waals surface area contributed by atoms with Crippen molar-refractivity contribution < 1.29 is 0 Å². The highest BCUT2D eigenvalue weighted by molar-refractivity contribution is 9.10. The van der Waals surface area contributed by atoms with Crippen LogP contribution < -0.4 is 0 Å². The molecule has 0 spiro atoms. The van der Waals surface area contributed by atoms with Crippen LogP contribution in [-0.4, -0.2) is 4.98 Å². The van der Waals surface area contributed by atoms with Crippen molar-refractivity contribution in [1.82, 2.24) is 4.98 Å². The number of hydrogen-bond acceptors (Lipinski definition) is 1. The normalized spacial score (nSPS) is 11.5. The molecule has 0 bridgehead atoms. The van der Waals surface area contributed by atoms with Crippen molar-refractivity contribution in [2.45, 2.75) is 18.3 Å². The Hall–Kier alpha value is -1.84. The summed E-state index contributed by atoms with van der Waals surface area (Å²) in [5, 5.41) is 2.16. The number of benzene rings is 3. The van der Waals surface area contributed by atoms with Crippen LogP contribution in [0.25, 0.3) is 0 Å². The third-order valence-corrected chi connectivity index (χ3v) is 6.74. The van der Waals surface area contributed by atoms with Gasteiger partial charge in [0.2, 0.25) is 0 Å². The molecule has 31 heavy (non-hydrogen) atoms. The predicted octanol–water partition coefficient (Wildman–Crippen LogP) is 8.58. The van der Waals surface area contributed by atoms with Gasteiger partial charge < -0.3 is 0 Å². The molecule has 5 heteroatoms. The number of pyridine rings is 1. The molecule has 0 atom stereocenters. The first-order valence-electron chi connectivity index (χ1n) is 9.82. The highest BCUT2D eigenvalue weighted by atomic mass is 79.9. The summed E-state index contributed by atoms with van der Waals surface area (Å²) in [4.78, 5) is 4.55. The zero-order chi connectivity index (χ0) is 21.8. The highest BCUT2D eigenvalue weighted by Gasteiger charge is 2.35. The lowest BCUT2D eigenvalue weighted by molar-refractivity contribution is 0.505. The fraction of sp³-hybridized carbons (Fsp3) is 0.115. The Morgan fingerprint density at radius 1 is 0.581 bits per heavy atom. The molecule has 0 amide bonds.